The zero-order valence-electron chi connectivity index (χ0n) is 10.5. The van der Waals surface area contributed by atoms with Crippen LogP contribution in [0, 0.1) is 10.1 Å². The fourth-order valence-corrected chi connectivity index (χ4v) is 1.74. The predicted molar refractivity (Wildman–Crippen MR) is 64.4 cm³/mol. The van der Waals surface area contributed by atoms with Gasteiger partial charge in [-0.3, -0.25) is 10.1 Å². The molecular formula is C12H11NO7. The molecule has 1 atom stereocenters. The Balaban J connectivity index is 2.30. The van der Waals surface area contributed by atoms with Crippen LogP contribution in [0.3, 0.4) is 0 Å². The number of methoxy groups -OCH3 is 1. The topological polar surface area (TPSA) is 105 Å². The third-order valence-electron chi connectivity index (χ3n) is 2.73. The molecule has 1 saturated heterocycles. The molecule has 1 aliphatic heterocycles. The molecular weight excluding hydrogens is 270 g/mol. The van der Waals surface area contributed by atoms with Crippen molar-refractivity contribution in [2.45, 2.75) is 12.5 Å². The molecule has 0 bridgehead atoms. The van der Waals surface area contributed by atoms with Gasteiger partial charge in [0.2, 0.25) is 0 Å². The van der Waals surface area contributed by atoms with E-state index in [1.807, 2.05) is 0 Å². The highest BCUT2D eigenvalue weighted by atomic mass is 16.6. The lowest BCUT2D eigenvalue weighted by Gasteiger charge is -2.10. The zero-order chi connectivity index (χ0) is 14.7. The van der Waals surface area contributed by atoms with Gasteiger partial charge in [-0.1, -0.05) is 0 Å². The minimum Gasteiger partial charge on any atom is -0.471 e. The highest BCUT2D eigenvalue weighted by Crippen LogP contribution is 2.30. The maximum atomic E-state index is 11.3. The molecule has 1 aromatic carbocycles. The Morgan fingerprint density at radius 2 is 2.25 bits per heavy atom. The lowest BCUT2D eigenvalue weighted by atomic mass is 10.2. The van der Waals surface area contributed by atoms with E-state index in [4.69, 9.17) is 9.47 Å². The van der Waals surface area contributed by atoms with Crippen molar-refractivity contribution in [3.05, 3.63) is 33.9 Å². The van der Waals surface area contributed by atoms with Gasteiger partial charge in [0.1, 0.15) is 0 Å². The number of esters is 2. The fraction of sp³-hybridized carbons (Fsp3) is 0.333. The van der Waals surface area contributed by atoms with E-state index >= 15 is 0 Å². The molecule has 1 fully saturated rings. The van der Waals surface area contributed by atoms with Crippen LogP contribution in [0.5, 0.6) is 5.75 Å². The van der Waals surface area contributed by atoms with Crippen LogP contribution in [0.2, 0.25) is 0 Å². The molecule has 8 heteroatoms. The predicted octanol–water partition coefficient (Wildman–Crippen LogP) is 1.08. The summed E-state index contributed by atoms with van der Waals surface area (Å²) in [5, 5.41) is 11.0. The third-order valence-corrected chi connectivity index (χ3v) is 2.73. The summed E-state index contributed by atoms with van der Waals surface area (Å²) in [4.78, 5) is 32.9. The first-order valence-corrected chi connectivity index (χ1v) is 5.73. The van der Waals surface area contributed by atoms with Crippen LogP contribution in [-0.2, 0) is 14.3 Å². The van der Waals surface area contributed by atoms with Crippen molar-refractivity contribution in [3.63, 3.8) is 0 Å². The molecule has 1 aliphatic rings. The Morgan fingerprint density at radius 3 is 2.80 bits per heavy atom. The zero-order valence-corrected chi connectivity index (χ0v) is 10.5. The Hall–Kier alpha value is -2.64. The highest BCUT2D eigenvalue weighted by Gasteiger charge is 2.31. The number of hydrogen-bond donors (Lipinski definition) is 0. The molecule has 0 amide bonds. The number of hydrogen-bond acceptors (Lipinski definition) is 7. The number of rotatable bonds is 4. The number of nitrogens with zero attached hydrogens (tertiary/aromatic N) is 1. The molecule has 0 unspecified atom stereocenters. The van der Waals surface area contributed by atoms with Gasteiger partial charge in [-0.15, -0.1) is 0 Å². The van der Waals surface area contributed by atoms with E-state index in [9.17, 15) is 19.7 Å². The number of carbonyl (C=O) groups excluding carboxylic acids is 2. The van der Waals surface area contributed by atoms with Gasteiger partial charge in [-0.25, -0.2) is 9.59 Å². The maximum absolute atomic E-state index is 11.3. The number of ether oxygens (including phenoxy) is 3. The van der Waals surface area contributed by atoms with E-state index in [2.05, 4.69) is 4.74 Å². The van der Waals surface area contributed by atoms with Gasteiger partial charge < -0.3 is 14.2 Å². The van der Waals surface area contributed by atoms with Crippen LogP contribution in [-0.4, -0.2) is 36.7 Å². The second-order valence-corrected chi connectivity index (χ2v) is 3.99. The van der Waals surface area contributed by atoms with Crippen molar-refractivity contribution in [3.8, 4) is 5.75 Å². The molecule has 1 aromatic rings. The lowest BCUT2D eigenvalue weighted by molar-refractivity contribution is -0.386. The molecule has 0 N–H and O–H groups in total. The van der Waals surface area contributed by atoms with Crippen molar-refractivity contribution in [2.24, 2.45) is 0 Å². The molecule has 8 nitrogen and oxygen atoms in total. The van der Waals surface area contributed by atoms with E-state index in [0.717, 1.165) is 6.07 Å². The van der Waals surface area contributed by atoms with Gasteiger partial charge in [0.15, 0.2) is 11.9 Å². The summed E-state index contributed by atoms with van der Waals surface area (Å²) in [7, 11) is 1.17. The van der Waals surface area contributed by atoms with E-state index in [0.29, 0.717) is 6.42 Å². The first-order chi connectivity index (χ1) is 9.52. The standard InChI is InChI=1S/C12H11NO7/c1-18-11(14)7-2-3-9(8(6-7)13(16)17)20-10-4-5-19-12(10)15/h2-3,6,10H,4-5H2,1H3/t10-/m1/s1. The summed E-state index contributed by atoms with van der Waals surface area (Å²) >= 11 is 0. The normalized spacial score (nSPS) is 17.4. The van der Waals surface area contributed by atoms with Crippen molar-refractivity contribution in [1.29, 1.82) is 0 Å². The fourth-order valence-electron chi connectivity index (χ4n) is 1.74. The summed E-state index contributed by atoms with van der Waals surface area (Å²) < 4.78 is 14.5. The number of nitro groups is 1. The third kappa shape index (κ3) is 2.68. The first-order valence-electron chi connectivity index (χ1n) is 5.73. The first kappa shape index (κ1) is 13.8. The van der Waals surface area contributed by atoms with E-state index in [1.165, 1.54) is 19.2 Å². The Bertz CT molecular complexity index is 569. The number of carbonyl (C=O) groups is 2. The monoisotopic (exact) mass is 281 g/mol. The SMILES string of the molecule is COC(=O)c1ccc(O[C@@H]2CCOC2=O)c([N+](=O)[O-])c1. The van der Waals surface area contributed by atoms with E-state index in [1.54, 1.807) is 0 Å². The average molecular weight is 281 g/mol. The molecule has 2 rings (SSSR count). The van der Waals surface area contributed by atoms with E-state index < -0.39 is 28.7 Å². The molecule has 1 heterocycles. The summed E-state index contributed by atoms with van der Waals surface area (Å²) in [6, 6.07) is 3.63. The highest BCUT2D eigenvalue weighted by molar-refractivity contribution is 5.90. The minimum absolute atomic E-state index is 0.0283. The van der Waals surface area contributed by atoms with Gasteiger partial charge >= 0.3 is 17.6 Å². The molecule has 0 spiro atoms. The van der Waals surface area contributed by atoms with Crippen LogP contribution in [0.4, 0.5) is 5.69 Å². The Morgan fingerprint density at radius 1 is 1.50 bits per heavy atom. The van der Waals surface area contributed by atoms with Gasteiger partial charge in [0.05, 0.1) is 24.2 Å². The smallest absolute Gasteiger partial charge is 0.347 e. The molecule has 0 radical (unpaired) electrons. The Kier molecular flexibility index (Phi) is 3.83. The van der Waals surface area contributed by atoms with Crippen molar-refractivity contribution < 1.29 is 28.7 Å². The molecule has 0 saturated carbocycles. The van der Waals surface area contributed by atoms with Gasteiger partial charge in [0.25, 0.3) is 0 Å². The summed E-state index contributed by atoms with van der Waals surface area (Å²) in [6.45, 7) is 0.220. The summed E-state index contributed by atoms with van der Waals surface area (Å²) in [5.41, 5.74) is -0.381. The minimum atomic E-state index is -0.863. The van der Waals surface area contributed by atoms with Crippen LogP contribution in [0.15, 0.2) is 18.2 Å². The average Bonchev–Trinajstić information content (AvgIpc) is 2.83. The summed E-state index contributed by atoms with van der Waals surface area (Å²) in [6.07, 6.45) is -0.535. The second-order valence-electron chi connectivity index (χ2n) is 3.99. The van der Waals surface area contributed by atoms with Crippen molar-refractivity contribution in [1.82, 2.24) is 0 Å². The van der Waals surface area contributed by atoms with Gasteiger partial charge in [-0.05, 0) is 12.1 Å². The van der Waals surface area contributed by atoms with Gasteiger partial charge in [0, 0.05) is 12.5 Å². The molecule has 106 valence electrons. The van der Waals surface area contributed by atoms with Crippen molar-refractivity contribution >= 4 is 17.6 Å². The summed E-state index contributed by atoms with van der Waals surface area (Å²) in [5.74, 6) is -1.34. The van der Waals surface area contributed by atoms with Crippen LogP contribution < -0.4 is 4.74 Å². The lowest BCUT2D eigenvalue weighted by Crippen LogP contribution is -2.22. The molecule has 20 heavy (non-hydrogen) atoms. The van der Waals surface area contributed by atoms with E-state index in [-0.39, 0.29) is 17.9 Å². The van der Waals surface area contributed by atoms with Crippen LogP contribution in [0.1, 0.15) is 16.8 Å². The number of cyclic esters (lactones) is 1. The van der Waals surface area contributed by atoms with Crippen molar-refractivity contribution in [2.75, 3.05) is 13.7 Å². The molecule has 0 aliphatic carbocycles. The largest absolute Gasteiger partial charge is 0.471 e. The second kappa shape index (κ2) is 5.55. The van der Waals surface area contributed by atoms with Gasteiger partial charge in [-0.2, -0.15) is 0 Å². The van der Waals surface area contributed by atoms with Crippen LogP contribution in [0.25, 0.3) is 0 Å². The number of benzene rings is 1. The maximum Gasteiger partial charge on any atom is 0.347 e. The molecule has 0 aromatic heterocycles. The quantitative estimate of drug-likeness (QED) is 0.461. The number of nitro benzene ring substituents is 1. The Labute approximate surface area is 113 Å². The van der Waals surface area contributed by atoms with Crippen LogP contribution >= 0.6 is 0 Å².